The van der Waals surface area contributed by atoms with Crippen LogP contribution in [0.15, 0.2) is 48.6 Å². The molecule has 4 heterocycles. The lowest BCUT2D eigenvalue weighted by Crippen LogP contribution is -2.58. The summed E-state index contributed by atoms with van der Waals surface area (Å²) in [5.41, 5.74) is -0.709. The molecule has 1 aromatic rings. The monoisotopic (exact) mass is 472 g/mol. The van der Waals surface area contributed by atoms with E-state index in [0.29, 0.717) is 17.1 Å². The fraction of sp³-hybridized carbons (Fsp3) is 0.458. The third kappa shape index (κ3) is 3.23. The maximum absolute atomic E-state index is 14.1. The minimum Gasteiger partial charge on any atom is -0.461 e. The van der Waals surface area contributed by atoms with Crippen LogP contribution in [0.3, 0.4) is 0 Å². The van der Waals surface area contributed by atoms with Gasteiger partial charge in [0.05, 0.1) is 24.7 Å². The average Bonchev–Trinajstić information content (AvgIpc) is 3.11. The highest BCUT2D eigenvalue weighted by molar-refractivity contribution is 6.30. The largest absolute Gasteiger partial charge is 0.461 e. The first-order valence-corrected chi connectivity index (χ1v) is 11.5. The molecule has 0 bridgehead atoms. The minimum atomic E-state index is -1.34. The third-order valence-corrected chi connectivity index (χ3v) is 7.32. The molecular weight excluding hydrogens is 448 g/mol. The zero-order valence-corrected chi connectivity index (χ0v) is 18.9. The highest BCUT2D eigenvalue weighted by Crippen LogP contribution is 2.54. The summed E-state index contributed by atoms with van der Waals surface area (Å²) in [6.07, 6.45) is 6.76. The molecule has 9 heteroatoms. The first-order chi connectivity index (χ1) is 15.9. The Morgan fingerprint density at radius 2 is 1.94 bits per heavy atom. The van der Waals surface area contributed by atoms with Gasteiger partial charge in [0, 0.05) is 17.3 Å². The summed E-state index contributed by atoms with van der Waals surface area (Å²) in [6, 6.07) is 5.26. The van der Waals surface area contributed by atoms with Gasteiger partial charge in [0.1, 0.15) is 24.2 Å². The Morgan fingerprint density at radius 3 is 2.64 bits per heavy atom. The molecule has 2 saturated heterocycles. The van der Waals surface area contributed by atoms with Gasteiger partial charge < -0.3 is 24.4 Å². The van der Waals surface area contributed by atoms with E-state index in [1.54, 1.807) is 53.5 Å². The molecule has 6 atom stereocenters. The molecule has 4 aliphatic heterocycles. The number of aliphatic hydroxyl groups excluding tert-OH is 1. The maximum atomic E-state index is 14.1. The van der Waals surface area contributed by atoms with E-state index in [1.165, 1.54) is 4.90 Å². The van der Waals surface area contributed by atoms with Crippen LogP contribution in [0.1, 0.15) is 13.3 Å². The van der Waals surface area contributed by atoms with Gasteiger partial charge in [-0.3, -0.25) is 14.4 Å². The van der Waals surface area contributed by atoms with Gasteiger partial charge in [0.2, 0.25) is 5.91 Å². The summed E-state index contributed by atoms with van der Waals surface area (Å²) in [4.78, 5) is 43.8. The number of nitrogens with zero attached hydrogens (tertiary/aromatic N) is 2. The second kappa shape index (κ2) is 8.27. The number of hydrogen-bond acceptors (Lipinski definition) is 6. The maximum Gasteiger partial charge on any atom is 0.313 e. The number of halogens is 1. The van der Waals surface area contributed by atoms with Crippen molar-refractivity contribution in [2.24, 2.45) is 11.8 Å². The number of aliphatic hydroxyl groups is 1. The van der Waals surface area contributed by atoms with Crippen molar-refractivity contribution in [2.75, 3.05) is 24.7 Å². The van der Waals surface area contributed by atoms with E-state index >= 15 is 0 Å². The molecule has 0 radical (unpaired) electrons. The predicted molar refractivity (Wildman–Crippen MR) is 119 cm³/mol. The molecule has 2 amide bonds. The van der Waals surface area contributed by atoms with Crippen molar-refractivity contribution < 1.29 is 29.0 Å². The summed E-state index contributed by atoms with van der Waals surface area (Å²) >= 11 is 6.03. The predicted octanol–water partition coefficient (Wildman–Crippen LogP) is 1.71. The molecular formula is C24H25ClN2O6. The van der Waals surface area contributed by atoms with Crippen LogP contribution >= 0.6 is 11.6 Å². The number of esters is 1. The van der Waals surface area contributed by atoms with Crippen molar-refractivity contribution in [2.45, 2.75) is 37.1 Å². The lowest BCUT2D eigenvalue weighted by molar-refractivity contribution is -0.153. The number of fused-ring (bicyclic) bond motifs is 2. The molecule has 5 rings (SSSR count). The number of anilines is 1. The quantitative estimate of drug-likeness (QED) is 0.529. The molecule has 1 aromatic carbocycles. The Morgan fingerprint density at radius 1 is 1.18 bits per heavy atom. The molecule has 174 valence electrons. The number of hydrogen-bond donors (Lipinski definition) is 1. The Labute approximate surface area is 196 Å². The normalized spacial score (nSPS) is 33.8. The van der Waals surface area contributed by atoms with Gasteiger partial charge in [-0.2, -0.15) is 0 Å². The van der Waals surface area contributed by atoms with Gasteiger partial charge in [-0.15, -0.1) is 0 Å². The van der Waals surface area contributed by atoms with Crippen molar-refractivity contribution in [3.05, 3.63) is 53.6 Å². The second-order valence-electron chi connectivity index (χ2n) is 8.72. The number of carbonyl (C=O) groups is 3. The van der Waals surface area contributed by atoms with Crippen LogP contribution in [0, 0.1) is 11.8 Å². The third-order valence-electron chi connectivity index (χ3n) is 7.07. The smallest absolute Gasteiger partial charge is 0.313 e. The number of carbonyl (C=O) groups excluding carboxylic acids is 3. The first kappa shape index (κ1) is 22.1. The number of amides is 2. The van der Waals surface area contributed by atoms with Gasteiger partial charge in [-0.1, -0.05) is 36.8 Å². The van der Waals surface area contributed by atoms with E-state index in [1.807, 2.05) is 6.92 Å². The molecule has 1 spiro atoms. The van der Waals surface area contributed by atoms with Crippen molar-refractivity contribution in [3.63, 3.8) is 0 Å². The zero-order chi connectivity index (χ0) is 23.3. The average molecular weight is 473 g/mol. The molecule has 4 aliphatic rings. The number of rotatable bonds is 4. The van der Waals surface area contributed by atoms with Crippen LogP contribution in [0.5, 0.6) is 0 Å². The molecule has 33 heavy (non-hydrogen) atoms. The lowest BCUT2D eigenvalue weighted by atomic mass is 9.78. The van der Waals surface area contributed by atoms with Crippen LogP contribution in [0.2, 0.25) is 5.02 Å². The van der Waals surface area contributed by atoms with Crippen LogP contribution in [-0.4, -0.2) is 71.3 Å². The summed E-state index contributed by atoms with van der Waals surface area (Å²) < 4.78 is 11.7. The van der Waals surface area contributed by atoms with E-state index < -0.39 is 41.6 Å². The SMILES string of the molecule is CC[C@@H](CO)N1C(=O)[C@@H]2[C@H]3C(=O)OCC=C[C@H]3O[C@@]23C=CCN(c2ccc(Cl)cc2)C(=O)C13. The van der Waals surface area contributed by atoms with Gasteiger partial charge in [0.15, 0.2) is 0 Å². The molecule has 2 fully saturated rings. The van der Waals surface area contributed by atoms with E-state index in [9.17, 15) is 19.5 Å². The summed E-state index contributed by atoms with van der Waals surface area (Å²) in [5.74, 6) is -3.01. The fourth-order valence-electron chi connectivity index (χ4n) is 5.57. The molecule has 0 aromatic heterocycles. The Kier molecular flexibility index (Phi) is 5.55. The number of ether oxygens (including phenoxy) is 2. The van der Waals surface area contributed by atoms with E-state index in [-0.39, 0.29) is 31.6 Å². The number of likely N-dealkylation sites (tertiary alicyclic amines) is 1. The summed E-state index contributed by atoms with van der Waals surface area (Å²) in [6.45, 7) is 1.92. The Balaban J connectivity index is 1.65. The van der Waals surface area contributed by atoms with Crippen molar-refractivity contribution in [3.8, 4) is 0 Å². The summed E-state index contributed by atoms with van der Waals surface area (Å²) in [7, 11) is 0. The number of benzene rings is 1. The van der Waals surface area contributed by atoms with Crippen molar-refractivity contribution >= 4 is 35.1 Å². The fourth-order valence-corrected chi connectivity index (χ4v) is 5.69. The van der Waals surface area contributed by atoms with E-state index in [0.717, 1.165) is 0 Å². The van der Waals surface area contributed by atoms with Gasteiger partial charge in [-0.05, 0) is 36.8 Å². The second-order valence-corrected chi connectivity index (χ2v) is 9.15. The lowest BCUT2D eigenvalue weighted by Gasteiger charge is -2.38. The van der Waals surface area contributed by atoms with Gasteiger partial charge in [-0.25, -0.2) is 0 Å². The Bertz CT molecular complexity index is 1040. The van der Waals surface area contributed by atoms with Crippen LogP contribution in [0.4, 0.5) is 5.69 Å². The van der Waals surface area contributed by atoms with Crippen LogP contribution in [-0.2, 0) is 23.9 Å². The van der Waals surface area contributed by atoms with Gasteiger partial charge >= 0.3 is 5.97 Å². The van der Waals surface area contributed by atoms with E-state index in [2.05, 4.69) is 0 Å². The standard InChI is InChI=1S/C24H25ClN2O6/c1-2-15(13-28)27-20-22(30)26(16-8-6-14(25)7-9-16)11-4-10-24(20)19(21(27)29)18-17(33-24)5-3-12-32-23(18)31/h3-10,15,17-20,28H,2,11-13H2,1H3/t15-,17+,18-,19-,20?,24-/m0/s1. The molecule has 8 nitrogen and oxygen atoms in total. The highest BCUT2D eigenvalue weighted by Gasteiger charge is 2.72. The topological polar surface area (TPSA) is 96.4 Å². The zero-order valence-electron chi connectivity index (χ0n) is 18.1. The summed E-state index contributed by atoms with van der Waals surface area (Å²) in [5, 5.41) is 10.6. The van der Waals surface area contributed by atoms with Crippen LogP contribution < -0.4 is 4.90 Å². The minimum absolute atomic E-state index is 0.115. The van der Waals surface area contributed by atoms with Crippen molar-refractivity contribution in [1.82, 2.24) is 4.90 Å². The molecule has 0 aliphatic carbocycles. The van der Waals surface area contributed by atoms with E-state index in [4.69, 9.17) is 21.1 Å². The molecule has 0 saturated carbocycles. The highest BCUT2D eigenvalue weighted by atomic mass is 35.5. The number of cyclic esters (lactones) is 1. The molecule has 1 unspecified atom stereocenters. The van der Waals surface area contributed by atoms with Crippen molar-refractivity contribution in [1.29, 1.82) is 0 Å². The Hall–Kier alpha value is -2.68. The van der Waals surface area contributed by atoms with Gasteiger partial charge in [0.25, 0.3) is 5.91 Å². The molecule has 1 N–H and O–H groups in total. The van der Waals surface area contributed by atoms with Crippen LogP contribution in [0.25, 0.3) is 0 Å². The first-order valence-electron chi connectivity index (χ1n) is 11.1.